The SMILES string of the molecule is CCCOC(=O)C=CC(=O)OCC(=O)O[Si](CCC)(CCC)CCC. The van der Waals surface area contributed by atoms with E-state index in [4.69, 9.17) is 13.9 Å². The monoisotopic (exact) mass is 372 g/mol. The maximum absolute atomic E-state index is 12.1. The summed E-state index contributed by atoms with van der Waals surface area (Å²) < 4.78 is 15.4. The van der Waals surface area contributed by atoms with Crippen molar-refractivity contribution in [2.24, 2.45) is 0 Å². The summed E-state index contributed by atoms with van der Waals surface area (Å²) in [4.78, 5) is 34.9. The van der Waals surface area contributed by atoms with Crippen LogP contribution in [0.15, 0.2) is 12.2 Å². The van der Waals surface area contributed by atoms with Gasteiger partial charge in [-0.15, -0.1) is 0 Å². The lowest BCUT2D eigenvalue weighted by atomic mass is 10.5. The molecule has 0 aromatic heterocycles. The van der Waals surface area contributed by atoms with Gasteiger partial charge in [-0.05, 0) is 24.6 Å². The molecule has 0 spiro atoms. The van der Waals surface area contributed by atoms with Gasteiger partial charge in [-0.1, -0.05) is 47.0 Å². The van der Waals surface area contributed by atoms with Crippen molar-refractivity contribution >= 4 is 26.2 Å². The highest BCUT2D eigenvalue weighted by Gasteiger charge is 2.36. The molecule has 0 amide bonds. The minimum atomic E-state index is -2.11. The molecule has 0 heterocycles. The van der Waals surface area contributed by atoms with Crippen LogP contribution < -0.4 is 0 Å². The summed E-state index contributed by atoms with van der Waals surface area (Å²) in [5.74, 6) is -1.88. The molecule has 0 aromatic rings. The first-order chi connectivity index (χ1) is 11.9. The van der Waals surface area contributed by atoms with Gasteiger partial charge >= 0.3 is 17.9 Å². The van der Waals surface area contributed by atoms with Gasteiger partial charge in [0.05, 0.1) is 6.61 Å². The zero-order valence-electron chi connectivity index (χ0n) is 16.0. The summed E-state index contributed by atoms with van der Waals surface area (Å²) in [6.45, 7) is 7.99. The van der Waals surface area contributed by atoms with Crippen LogP contribution in [-0.4, -0.2) is 39.4 Å². The molecule has 0 atom stereocenters. The van der Waals surface area contributed by atoms with Crippen molar-refractivity contribution in [3.63, 3.8) is 0 Å². The first-order valence-corrected chi connectivity index (χ1v) is 11.7. The van der Waals surface area contributed by atoms with Gasteiger partial charge in [0.2, 0.25) is 0 Å². The van der Waals surface area contributed by atoms with Crippen LogP contribution in [0.5, 0.6) is 0 Å². The maximum Gasteiger partial charge on any atom is 0.331 e. The number of ether oxygens (including phenoxy) is 2. The Bertz CT molecular complexity index is 430. The quantitative estimate of drug-likeness (QED) is 0.278. The van der Waals surface area contributed by atoms with E-state index in [1.165, 1.54) is 0 Å². The van der Waals surface area contributed by atoms with Crippen LogP contribution in [0, 0.1) is 0 Å². The fraction of sp³-hybridized carbons (Fsp3) is 0.722. The highest BCUT2D eigenvalue weighted by molar-refractivity contribution is 6.75. The van der Waals surface area contributed by atoms with Crippen molar-refractivity contribution < 1.29 is 28.3 Å². The van der Waals surface area contributed by atoms with Gasteiger partial charge in [0.15, 0.2) is 6.61 Å². The van der Waals surface area contributed by atoms with Crippen LogP contribution in [0.4, 0.5) is 0 Å². The largest absolute Gasteiger partial charge is 0.517 e. The lowest BCUT2D eigenvalue weighted by Crippen LogP contribution is -2.41. The first kappa shape index (κ1) is 23.4. The summed E-state index contributed by atoms with van der Waals surface area (Å²) in [5.41, 5.74) is 0. The van der Waals surface area contributed by atoms with Gasteiger partial charge in [-0.2, -0.15) is 0 Å². The molecule has 0 radical (unpaired) electrons. The molecule has 0 unspecified atom stereocenters. The molecular weight excluding hydrogens is 340 g/mol. The molecule has 25 heavy (non-hydrogen) atoms. The van der Waals surface area contributed by atoms with Crippen molar-refractivity contribution in [1.29, 1.82) is 0 Å². The van der Waals surface area contributed by atoms with E-state index in [-0.39, 0.29) is 0 Å². The normalized spacial score (nSPS) is 11.4. The van der Waals surface area contributed by atoms with Gasteiger partial charge in [0.1, 0.15) is 0 Å². The van der Waals surface area contributed by atoms with E-state index in [9.17, 15) is 14.4 Å². The number of hydrogen-bond donors (Lipinski definition) is 0. The Morgan fingerprint density at radius 2 is 1.24 bits per heavy atom. The fourth-order valence-corrected chi connectivity index (χ4v) is 7.06. The Kier molecular flexibility index (Phi) is 12.7. The van der Waals surface area contributed by atoms with Gasteiger partial charge in [-0.3, -0.25) is 0 Å². The van der Waals surface area contributed by atoms with Crippen molar-refractivity contribution in [3.8, 4) is 0 Å². The van der Waals surface area contributed by atoms with Crippen LogP contribution >= 0.6 is 0 Å². The second kappa shape index (κ2) is 13.6. The Morgan fingerprint density at radius 1 is 0.760 bits per heavy atom. The van der Waals surface area contributed by atoms with Gasteiger partial charge in [0, 0.05) is 12.2 Å². The zero-order chi connectivity index (χ0) is 19.1. The molecule has 0 bridgehead atoms. The van der Waals surface area contributed by atoms with E-state index in [1.54, 1.807) is 0 Å². The van der Waals surface area contributed by atoms with Crippen LogP contribution in [0.1, 0.15) is 53.4 Å². The summed E-state index contributed by atoms with van der Waals surface area (Å²) >= 11 is 0. The van der Waals surface area contributed by atoms with E-state index in [0.29, 0.717) is 13.0 Å². The maximum atomic E-state index is 12.1. The molecule has 0 rings (SSSR count). The molecule has 0 saturated carbocycles. The van der Waals surface area contributed by atoms with Crippen molar-refractivity contribution in [2.45, 2.75) is 71.5 Å². The number of hydrogen-bond acceptors (Lipinski definition) is 6. The highest BCUT2D eigenvalue weighted by atomic mass is 28.4. The number of carbonyl (C=O) groups excluding carboxylic acids is 3. The highest BCUT2D eigenvalue weighted by Crippen LogP contribution is 2.27. The van der Waals surface area contributed by atoms with Crippen molar-refractivity contribution in [1.82, 2.24) is 0 Å². The molecule has 0 N–H and O–H groups in total. The topological polar surface area (TPSA) is 78.9 Å². The first-order valence-electron chi connectivity index (χ1n) is 9.16. The molecule has 144 valence electrons. The van der Waals surface area contributed by atoms with Gasteiger partial charge in [0.25, 0.3) is 8.32 Å². The molecule has 0 aliphatic carbocycles. The third kappa shape index (κ3) is 10.8. The Labute approximate surface area is 152 Å². The molecule has 7 heteroatoms. The van der Waals surface area contributed by atoms with Crippen molar-refractivity contribution in [2.75, 3.05) is 13.2 Å². The standard InChI is InChI=1S/C18H32O6Si/c1-5-11-22-16(19)9-10-17(20)23-15-18(21)24-25(12-6-2,13-7-3)14-8-4/h9-10H,5-8,11-15H2,1-4H3. The van der Waals surface area contributed by atoms with E-state index >= 15 is 0 Å². The summed E-state index contributed by atoms with van der Waals surface area (Å²) in [5, 5.41) is 0. The lowest BCUT2D eigenvalue weighted by molar-refractivity contribution is -0.150. The van der Waals surface area contributed by atoms with Gasteiger partial charge < -0.3 is 13.9 Å². The third-order valence-corrected chi connectivity index (χ3v) is 8.48. The summed E-state index contributed by atoms with van der Waals surface area (Å²) in [6, 6.07) is 2.78. The van der Waals surface area contributed by atoms with E-state index in [1.807, 2.05) is 6.92 Å². The summed E-state index contributed by atoms with van der Waals surface area (Å²) in [6.07, 6.45) is 5.58. The molecule has 6 nitrogen and oxygen atoms in total. The Balaban J connectivity index is 4.48. The van der Waals surface area contributed by atoms with E-state index < -0.39 is 32.8 Å². The van der Waals surface area contributed by atoms with Crippen LogP contribution in [0.3, 0.4) is 0 Å². The number of carbonyl (C=O) groups is 3. The molecular formula is C18H32O6Si. The fourth-order valence-electron chi connectivity index (χ4n) is 2.73. The molecule has 0 fully saturated rings. The third-order valence-electron chi connectivity index (χ3n) is 3.58. The molecule has 0 aliphatic rings. The van der Waals surface area contributed by atoms with Gasteiger partial charge in [-0.25, -0.2) is 14.4 Å². The minimum Gasteiger partial charge on any atom is -0.517 e. The molecule has 0 aliphatic heterocycles. The predicted octanol–water partition coefficient (Wildman–Crippen LogP) is 3.76. The smallest absolute Gasteiger partial charge is 0.331 e. The molecule has 0 aromatic carbocycles. The van der Waals surface area contributed by atoms with Crippen molar-refractivity contribution in [3.05, 3.63) is 12.2 Å². The average molecular weight is 373 g/mol. The number of rotatable bonds is 13. The number of esters is 2. The molecule has 0 saturated heterocycles. The average Bonchev–Trinajstić information content (AvgIpc) is 2.57. The lowest BCUT2D eigenvalue weighted by Gasteiger charge is -2.30. The van der Waals surface area contributed by atoms with E-state index in [2.05, 4.69) is 20.8 Å². The predicted molar refractivity (Wildman–Crippen MR) is 98.5 cm³/mol. The Morgan fingerprint density at radius 3 is 1.68 bits per heavy atom. The van der Waals surface area contributed by atoms with Crippen LogP contribution in [-0.2, 0) is 28.3 Å². The zero-order valence-corrected chi connectivity index (χ0v) is 17.0. The van der Waals surface area contributed by atoms with Crippen LogP contribution in [0.2, 0.25) is 18.1 Å². The minimum absolute atomic E-state index is 0.295. The Hall–Kier alpha value is -1.63. The van der Waals surface area contributed by atoms with Crippen LogP contribution in [0.25, 0.3) is 0 Å². The summed E-state index contributed by atoms with van der Waals surface area (Å²) in [7, 11) is -2.11. The second-order valence-electron chi connectivity index (χ2n) is 6.02. The second-order valence-corrected chi connectivity index (χ2v) is 10.1. The van der Waals surface area contributed by atoms with E-state index in [0.717, 1.165) is 49.5 Å².